The van der Waals surface area contributed by atoms with E-state index < -0.39 is 0 Å². The number of benzene rings is 1. The van der Waals surface area contributed by atoms with Gasteiger partial charge in [-0.1, -0.05) is 30.3 Å². The zero-order chi connectivity index (χ0) is 13.1. The summed E-state index contributed by atoms with van der Waals surface area (Å²) < 4.78 is 0. The van der Waals surface area contributed by atoms with Crippen LogP contribution < -0.4 is 5.73 Å². The third-order valence-electron chi connectivity index (χ3n) is 3.03. The van der Waals surface area contributed by atoms with Crippen molar-refractivity contribution in [2.75, 3.05) is 5.73 Å². The molecule has 3 aromatic rings. The second-order valence-corrected chi connectivity index (χ2v) is 4.22. The number of anilines is 1. The van der Waals surface area contributed by atoms with Gasteiger partial charge in [-0.15, -0.1) is 0 Å². The van der Waals surface area contributed by atoms with Gasteiger partial charge in [-0.2, -0.15) is 0 Å². The molecule has 2 heterocycles. The zero-order valence-electron chi connectivity index (χ0n) is 10.3. The number of nitrogens with zero attached hydrogens (tertiary/aromatic N) is 2. The van der Waals surface area contributed by atoms with Gasteiger partial charge < -0.3 is 5.73 Å². The first-order valence-electron chi connectivity index (χ1n) is 6.06. The lowest BCUT2D eigenvalue weighted by atomic mass is 9.96. The predicted molar refractivity (Wildman–Crippen MR) is 77.3 cm³/mol. The lowest BCUT2D eigenvalue weighted by molar-refractivity contribution is 1.31. The van der Waals surface area contributed by atoms with Crippen LogP contribution in [-0.4, -0.2) is 9.97 Å². The van der Waals surface area contributed by atoms with E-state index >= 15 is 0 Å². The average molecular weight is 247 g/mol. The maximum atomic E-state index is 6.06. The molecule has 2 aromatic heterocycles. The molecule has 0 saturated carbocycles. The molecule has 0 amide bonds. The summed E-state index contributed by atoms with van der Waals surface area (Å²) in [6.45, 7) is 0. The SMILES string of the molecule is Nc1nccc(-c2ccccc2)c1-c1ccncc1. The van der Waals surface area contributed by atoms with Crippen LogP contribution in [0.25, 0.3) is 22.3 Å². The number of pyridine rings is 2. The lowest BCUT2D eigenvalue weighted by Crippen LogP contribution is -1.96. The molecule has 0 bridgehead atoms. The van der Waals surface area contributed by atoms with Gasteiger partial charge in [0, 0.05) is 24.2 Å². The molecule has 3 nitrogen and oxygen atoms in total. The van der Waals surface area contributed by atoms with E-state index in [1.807, 2.05) is 36.4 Å². The molecule has 3 heteroatoms. The Balaban J connectivity index is 2.25. The molecule has 0 radical (unpaired) electrons. The number of nitrogens with two attached hydrogens (primary N) is 1. The fourth-order valence-corrected chi connectivity index (χ4v) is 2.16. The molecule has 0 unspecified atom stereocenters. The Morgan fingerprint density at radius 1 is 0.737 bits per heavy atom. The zero-order valence-corrected chi connectivity index (χ0v) is 10.3. The van der Waals surface area contributed by atoms with Crippen molar-refractivity contribution < 1.29 is 0 Å². The van der Waals surface area contributed by atoms with E-state index in [0.717, 1.165) is 22.3 Å². The maximum Gasteiger partial charge on any atom is 0.131 e. The predicted octanol–water partition coefficient (Wildman–Crippen LogP) is 3.39. The van der Waals surface area contributed by atoms with Crippen molar-refractivity contribution in [2.24, 2.45) is 0 Å². The highest BCUT2D eigenvalue weighted by Crippen LogP contribution is 2.34. The van der Waals surface area contributed by atoms with Crippen LogP contribution in [0.3, 0.4) is 0 Å². The van der Waals surface area contributed by atoms with E-state index in [1.165, 1.54) is 0 Å². The highest BCUT2D eigenvalue weighted by atomic mass is 14.8. The Hall–Kier alpha value is -2.68. The third-order valence-corrected chi connectivity index (χ3v) is 3.03. The Bertz CT molecular complexity index is 679. The van der Waals surface area contributed by atoms with Gasteiger partial charge in [0.1, 0.15) is 5.82 Å². The molecule has 0 aliphatic carbocycles. The van der Waals surface area contributed by atoms with Gasteiger partial charge in [-0.3, -0.25) is 4.98 Å². The minimum atomic E-state index is 0.535. The molecule has 0 aliphatic rings. The highest BCUT2D eigenvalue weighted by molar-refractivity contribution is 5.89. The largest absolute Gasteiger partial charge is 0.383 e. The summed E-state index contributed by atoms with van der Waals surface area (Å²) in [6, 6.07) is 16.0. The molecule has 19 heavy (non-hydrogen) atoms. The van der Waals surface area contributed by atoms with E-state index in [-0.39, 0.29) is 0 Å². The average Bonchev–Trinajstić information content (AvgIpc) is 2.49. The van der Waals surface area contributed by atoms with Crippen LogP contribution in [0.15, 0.2) is 67.1 Å². The molecule has 0 fully saturated rings. The van der Waals surface area contributed by atoms with Gasteiger partial charge in [0.2, 0.25) is 0 Å². The Kier molecular flexibility index (Phi) is 2.94. The molecular formula is C16H13N3. The van der Waals surface area contributed by atoms with Crippen molar-refractivity contribution in [1.29, 1.82) is 0 Å². The second kappa shape index (κ2) is 4.90. The molecular weight excluding hydrogens is 234 g/mol. The molecule has 0 atom stereocenters. The first-order valence-corrected chi connectivity index (χ1v) is 6.06. The summed E-state index contributed by atoms with van der Waals surface area (Å²) in [4.78, 5) is 8.24. The van der Waals surface area contributed by atoms with Gasteiger partial charge in [-0.05, 0) is 34.9 Å². The minimum absolute atomic E-state index is 0.535. The van der Waals surface area contributed by atoms with Crippen LogP contribution in [-0.2, 0) is 0 Å². The first-order chi connectivity index (χ1) is 9.36. The summed E-state index contributed by atoms with van der Waals surface area (Å²) in [7, 11) is 0. The molecule has 1 aromatic carbocycles. The van der Waals surface area contributed by atoms with Gasteiger partial charge in [-0.25, -0.2) is 4.98 Å². The Morgan fingerprint density at radius 2 is 1.47 bits per heavy atom. The third kappa shape index (κ3) is 2.18. The van der Waals surface area contributed by atoms with Crippen LogP contribution in [0.1, 0.15) is 0 Å². The van der Waals surface area contributed by atoms with E-state index in [0.29, 0.717) is 5.82 Å². The fraction of sp³-hybridized carbons (Fsp3) is 0. The van der Waals surface area contributed by atoms with Crippen molar-refractivity contribution in [3.8, 4) is 22.3 Å². The summed E-state index contributed by atoms with van der Waals surface area (Å²) in [5.74, 6) is 0.535. The van der Waals surface area contributed by atoms with Crippen LogP contribution >= 0.6 is 0 Å². The first kappa shape index (κ1) is 11.4. The van der Waals surface area contributed by atoms with Crippen LogP contribution in [0.2, 0.25) is 0 Å². The highest BCUT2D eigenvalue weighted by Gasteiger charge is 2.11. The maximum absolute atomic E-state index is 6.06. The number of rotatable bonds is 2. The van der Waals surface area contributed by atoms with Gasteiger partial charge in [0.25, 0.3) is 0 Å². The van der Waals surface area contributed by atoms with Crippen LogP contribution in [0, 0.1) is 0 Å². The summed E-state index contributed by atoms with van der Waals surface area (Å²) in [6.07, 6.45) is 5.26. The monoisotopic (exact) mass is 247 g/mol. The molecule has 0 aliphatic heterocycles. The standard InChI is InChI=1S/C16H13N3/c17-16-15(13-6-9-18-10-7-13)14(8-11-19-16)12-4-2-1-3-5-12/h1-11H,(H2,17,19). The topological polar surface area (TPSA) is 51.8 Å². The van der Waals surface area contributed by atoms with Crippen LogP contribution in [0.4, 0.5) is 5.82 Å². The Labute approximate surface area is 111 Å². The second-order valence-electron chi connectivity index (χ2n) is 4.22. The van der Waals surface area contributed by atoms with Crippen molar-refractivity contribution in [3.05, 3.63) is 67.1 Å². The quantitative estimate of drug-likeness (QED) is 0.755. The minimum Gasteiger partial charge on any atom is -0.383 e. The molecule has 0 spiro atoms. The Morgan fingerprint density at radius 3 is 2.21 bits per heavy atom. The molecule has 0 saturated heterocycles. The van der Waals surface area contributed by atoms with Crippen molar-refractivity contribution >= 4 is 5.82 Å². The molecule has 2 N–H and O–H groups in total. The number of hydrogen-bond acceptors (Lipinski definition) is 3. The van der Waals surface area contributed by atoms with E-state index in [4.69, 9.17) is 5.73 Å². The number of nitrogen functional groups attached to an aromatic ring is 1. The lowest BCUT2D eigenvalue weighted by Gasteiger charge is -2.11. The summed E-state index contributed by atoms with van der Waals surface area (Å²) in [5, 5.41) is 0. The van der Waals surface area contributed by atoms with E-state index in [1.54, 1.807) is 18.6 Å². The summed E-state index contributed by atoms with van der Waals surface area (Å²) in [5.41, 5.74) is 10.3. The van der Waals surface area contributed by atoms with Gasteiger partial charge in [0.15, 0.2) is 0 Å². The number of aromatic nitrogens is 2. The van der Waals surface area contributed by atoms with Gasteiger partial charge >= 0.3 is 0 Å². The molecule has 3 rings (SSSR count). The number of hydrogen-bond donors (Lipinski definition) is 1. The van der Waals surface area contributed by atoms with Crippen molar-refractivity contribution in [3.63, 3.8) is 0 Å². The van der Waals surface area contributed by atoms with E-state index in [2.05, 4.69) is 22.1 Å². The molecule has 92 valence electrons. The van der Waals surface area contributed by atoms with E-state index in [9.17, 15) is 0 Å². The summed E-state index contributed by atoms with van der Waals surface area (Å²) >= 11 is 0. The van der Waals surface area contributed by atoms with Crippen molar-refractivity contribution in [1.82, 2.24) is 9.97 Å². The van der Waals surface area contributed by atoms with Gasteiger partial charge in [0.05, 0.1) is 0 Å². The normalized spacial score (nSPS) is 10.3. The smallest absolute Gasteiger partial charge is 0.131 e. The van der Waals surface area contributed by atoms with Crippen molar-refractivity contribution in [2.45, 2.75) is 0 Å². The van der Waals surface area contributed by atoms with Crippen LogP contribution in [0.5, 0.6) is 0 Å². The fourth-order valence-electron chi connectivity index (χ4n) is 2.16.